The number of hydrogen-bond acceptors (Lipinski definition) is 2. The monoisotopic (exact) mass is 352 g/mol. The Kier molecular flexibility index (Phi) is 4.72. The van der Waals surface area contributed by atoms with Gasteiger partial charge in [-0.1, -0.05) is 25.1 Å². The predicted molar refractivity (Wildman–Crippen MR) is 83.7 cm³/mol. The van der Waals surface area contributed by atoms with E-state index in [1.54, 1.807) is 0 Å². The van der Waals surface area contributed by atoms with Gasteiger partial charge in [-0.25, -0.2) is 0 Å². The number of aromatic nitrogens is 1. The van der Waals surface area contributed by atoms with Crippen LogP contribution in [0.5, 0.6) is 0 Å². The van der Waals surface area contributed by atoms with E-state index < -0.39 is 0 Å². The molecule has 0 fully saturated rings. The van der Waals surface area contributed by atoms with Gasteiger partial charge in [0, 0.05) is 15.5 Å². The van der Waals surface area contributed by atoms with Crippen LogP contribution in [-0.4, -0.2) is 11.5 Å². The number of nitrogens with zero attached hydrogens (tertiary/aromatic N) is 1. The Morgan fingerprint density at radius 2 is 1.78 bits per heavy atom. The van der Waals surface area contributed by atoms with Gasteiger partial charge in [-0.2, -0.15) is 0 Å². The molecule has 0 aliphatic heterocycles. The second kappa shape index (κ2) is 6.29. The molecule has 1 atom stereocenters. The second-order valence-electron chi connectivity index (χ2n) is 4.28. The highest BCUT2D eigenvalue weighted by atomic mass is 127. The Morgan fingerprint density at radius 3 is 2.33 bits per heavy atom. The molecular weight excluding hydrogens is 335 g/mol. The maximum atomic E-state index is 4.38. The molecule has 0 saturated heterocycles. The fourth-order valence-electron chi connectivity index (χ4n) is 1.94. The topological polar surface area (TPSA) is 24.9 Å². The number of nitrogens with one attached hydrogen (secondary N) is 1. The zero-order valence-electron chi connectivity index (χ0n) is 10.7. The van der Waals surface area contributed by atoms with E-state index in [-0.39, 0.29) is 6.04 Å². The van der Waals surface area contributed by atoms with Crippen molar-refractivity contribution < 1.29 is 0 Å². The molecular formula is C15H17IN2. The average Bonchev–Trinajstić information content (AvgIpc) is 2.39. The van der Waals surface area contributed by atoms with Crippen LogP contribution in [0.3, 0.4) is 0 Å². The van der Waals surface area contributed by atoms with Gasteiger partial charge in [0.05, 0.1) is 6.04 Å². The molecule has 2 aromatic rings. The van der Waals surface area contributed by atoms with Crippen LogP contribution in [0.2, 0.25) is 0 Å². The van der Waals surface area contributed by atoms with Crippen LogP contribution in [0.1, 0.15) is 29.8 Å². The molecule has 0 amide bonds. The van der Waals surface area contributed by atoms with Crippen molar-refractivity contribution >= 4 is 22.6 Å². The van der Waals surface area contributed by atoms with Gasteiger partial charge in [0.1, 0.15) is 0 Å². The first kappa shape index (κ1) is 13.5. The van der Waals surface area contributed by atoms with Gasteiger partial charge in [-0.15, -0.1) is 0 Å². The average molecular weight is 352 g/mol. The summed E-state index contributed by atoms with van der Waals surface area (Å²) < 4.78 is 1.26. The van der Waals surface area contributed by atoms with E-state index in [9.17, 15) is 0 Å². The minimum Gasteiger partial charge on any atom is -0.306 e. The van der Waals surface area contributed by atoms with Crippen molar-refractivity contribution in [2.75, 3.05) is 6.54 Å². The number of rotatable bonds is 4. The third kappa shape index (κ3) is 3.29. The summed E-state index contributed by atoms with van der Waals surface area (Å²) in [7, 11) is 0. The summed E-state index contributed by atoms with van der Waals surface area (Å²) in [5.74, 6) is 0. The number of pyridine rings is 1. The lowest BCUT2D eigenvalue weighted by Gasteiger charge is -2.18. The van der Waals surface area contributed by atoms with Gasteiger partial charge in [0.15, 0.2) is 0 Å². The summed E-state index contributed by atoms with van der Waals surface area (Å²) in [4.78, 5) is 4.38. The summed E-state index contributed by atoms with van der Waals surface area (Å²) in [5, 5.41) is 3.51. The fraction of sp³-hybridized carbons (Fsp3) is 0.267. The molecule has 1 unspecified atom stereocenters. The van der Waals surface area contributed by atoms with Crippen molar-refractivity contribution in [3.05, 3.63) is 63.0 Å². The first-order chi connectivity index (χ1) is 8.70. The number of benzene rings is 1. The summed E-state index contributed by atoms with van der Waals surface area (Å²) in [6.07, 6.45) is 1.96. The van der Waals surface area contributed by atoms with Crippen LogP contribution in [0.4, 0.5) is 0 Å². The van der Waals surface area contributed by atoms with E-state index in [0.717, 1.165) is 12.2 Å². The molecule has 0 radical (unpaired) electrons. The molecule has 0 saturated carbocycles. The Hall–Kier alpha value is -0.940. The first-order valence-corrected chi connectivity index (χ1v) is 7.20. The van der Waals surface area contributed by atoms with Crippen LogP contribution in [0.25, 0.3) is 0 Å². The second-order valence-corrected chi connectivity index (χ2v) is 5.52. The van der Waals surface area contributed by atoms with Crippen LogP contribution < -0.4 is 5.32 Å². The Balaban J connectivity index is 2.33. The number of hydrogen-bond donors (Lipinski definition) is 1. The van der Waals surface area contributed by atoms with Crippen LogP contribution in [0, 0.1) is 10.5 Å². The van der Waals surface area contributed by atoms with E-state index in [4.69, 9.17) is 0 Å². The third-order valence-electron chi connectivity index (χ3n) is 2.88. The zero-order valence-corrected chi connectivity index (χ0v) is 12.8. The molecule has 0 aliphatic rings. The molecule has 3 heteroatoms. The summed E-state index contributed by atoms with van der Waals surface area (Å²) in [6.45, 7) is 5.07. The van der Waals surface area contributed by atoms with Crippen molar-refractivity contribution in [1.29, 1.82) is 0 Å². The predicted octanol–water partition coefficient (Wildman–Crippen LogP) is 3.69. The molecule has 0 spiro atoms. The Morgan fingerprint density at radius 1 is 1.11 bits per heavy atom. The van der Waals surface area contributed by atoms with E-state index >= 15 is 0 Å². The highest BCUT2D eigenvalue weighted by molar-refractivity contribution is 14.1. The van der Waals surface area contributed by atoms with E-state index in [1.165, 1.54) is 14.7 Å². The molecule has 0 aliphatic carbocycles. The van der Waals surface area contributed by atoms with Gasteiger partial charge in [-0.3, -0.25) is 4.98 Å². The molecule has 1 aromatic heterocycles. The molecule has 2 rings (SSSR count). The molecule has 1 aromatic carbocycles. The summed E-state index contributed by atoms with van der Waals surface area (Å²) in [5.41, 5.74) is 3.54. The van der Waals surface area contributed by atoms with Gasteiger partial charge >= 0.3 is 0 Å². The quantitative estimate of drug-likeness (QED) is 0.849. The van der Waals surface area contributed by atoms with Gasteiger partial charge in [0.2, 0.25) is 0 Å². The molecule has 1 heterocycles. The maximum Gasteiger partial charge on any atom is 0.0591 e. The normalized spacial score (nSPS) is 12.4. The molecule has 18 heavy (non-hydrogen) atoms. The number of aryl methyl sites for hydroxylation is 1. The summed E-state index contributed by atoms with van der Waals surface area (Å²) in [6, 6.07) is 13.1. The van der Waals surface area contributed by atoms with Crippen molar-refractivity contribution in [3.8, 4) is 0 Å². The van der Waals surface area contributed by atoms with Crippen molar-refractivity contribution in [2.24, 2.45) is 0 Å². The lowest BCUT2D eigenvalue weighted by atomic mass is 10.00. The van der Waals surface area contributed by atoms with Crippen molar-refractivity contribution in [3.63, 3.8) is 0 Å². The maximum absolute atomic E-state index is 4.38. The SMILES string of the molecule is CCNC(c1ccc(I)cc1)c1ccc(C)nc1. The van der Waals surface area contributed by atoms with Crippen LogP contribution in [-0.2, 0) is 0 Å². The van der Waals surface area contributed by atoms with E-state index in [0.29, 0.717) is 0 Å². The van der Waals surface area contributed by atoms with Gasteiger partial charge in [-0.05, 0) is 65.4 Å². The van der Waals surface area contributed by atoms with Crippen LogP contribution in [0.15, 0.2) is 42.6 Å². The van der Waals surface area contributed by atoms with E-state index in [1.807, 2.05) is 13.1 Å². The highest BCUT2D eigenvalue weighted by Gasteiger charge is 2.12. The lowest BCUT2D eigenvalue weighted by Crippen LogP contribution is -2.22. The minimum absolute atomic E-state index is 0.222. The molecule has 94 valence electrons. The minimum atomic E-state index is 0.222. The van der Waals surface area contributed by atoms with E-state index in [2.05, 4.69) is 76.2 Å². The first-order valence-electron chi connectivity index (χ1n) is 6.12. The lowest BCUT2D eigenvalue weighted by molar-refractivity contribution is 0.628. The molecule has 2 nitrogen and oxygen atoms in total. The smallest absolute Gasteiger partial charge is 0.0591 e. The largest absolute Gasteiger partial charge is 0.306 e. The van der Waals surface area contributed by atoms with Gasteiger partial charge < -0.3 is 5.32 Å². The fourth-order valence-corrected chi connectivity index (χ4v) is 2.30. The molecule has 0 bridgehead atoms. The van der Waals surface area contributed by atoms with Gasteiger partial charge in [0.25, 0.3) is 0 Å². The highest BCUT2D eigenvalue weighted by Crippen LogP contribution is 2.22. The van der Waals surface area contributed by atoms with Crippen molar-refractivity contribution in [2.45, 2.75) is 19.9 Å². The molecule has 1 N–H and O–H groups in total. The third-order valence-corrected chi connectivity index (χ3v) is 3.60. The van der Waals surface area contributed by atoms with Crippen molar-refractivity contribution in [1.82, 2.24) is 10.3 Å². The zero-order chi connectivity index (χ0) is 13.0. The summed E-state index contributed by atoms with van der Waals surface area (Å²) >= 11 is 2.33. The Labute approximate surface area is 122 Å². The Bertz CT molecular complexity index is 445. The standard InChI is InChI=1S/C15H17IN2/c1-3-17-15(12-6-8-14(16)9-7-12)13-5-4-11(2)18-10-13/h4-10,15,17H,3H2,1-2H3. The van der Waals surface area contributed by atoms with Crippen LogP contribution >= 0.6 is 22.6 Å². The number of halogens is 1.